The Bertz CT molecular complexity index is 863. The van der Waals surface area contributed by atoms with Gasteiger partial charge in [-0.3, -0.25) is 4.72 Å². The molecule has 26 heavy (non-hydrogen) atoms. The maximum atomic E-state index is 12.6. The zero-order valence-corrected chi connectivity index (χ0v) is 17.0. The van der Waals surface area contributed by atoms with Crippen molar-refractivity contribution in [2.75, 3.05) is 42.8 Å². The molecule has 1 saturated heterocycles. The Hall–Kier alpha value is -1.76. The molecule has 0 unspecified atom stereocenters. The van der Waals surface area contributed by atoms with Crippen molar-refractivity contribution < 1.29 is 8.42 Å². The Kier molecular flexibility index (Phi) is 6.55. The Balaban J connectivity index is 0.00000243. The van der Waals surface area contributed by atoms with Gasteiger partial charge in [0.25, 0.3) is 10.0 Å². The van der Waals surface area contributed by atoms with Crippen molar-refractivity contribution >= 4 is 33.8 Å². The molecule has 2 aromatic rings. The van der Waals surface area contributed by atoms with E-state index in [9.17, 15) is 8.42 Å². The zero-order chi connectivity index (χ0) is 18.0. The SMILES string of the molecule is Cc1cccc(S(=O)(=O)Nc2ccc(N3CCN(C)CC3)cc2C)c1.Cl. The van der Waals surface area contributed by atoms with Crippen molar-refractivity contribution in [2.24, 2.45) is 0 Å². The summed E-state index contributed by atoms with van der Waals surface area (Å²) < 4.78 is 27.9. The summed E-state index contributed by atoms with van der Waals surface area (Å²) in [5.74, 6) is 0. The minimum absolute atomic E-state index is 0. The van der Waals surface area contributed by atoms with Crippen LogP contribution in [0.2, 0.25) is 0 Å². The van der Waals surface area contributed by atoms with Gasteiger partial charge in [-0.2, -0.15) is 0 Å². The van der Waals surface area contributed by atoms with Crippen LogP contribution in [-0.4, -0.2) is 46.5 Å². The van der Waals surface area contributed by atoms with E-state index >= 15 is 0 Å². The third-order valence-electron chi connectivity index (χ3n) is 4.62. The molecule has 2 aromatic carbocycles. The molecule has 1 heterocycles. The molecule has 0 amide bonds. The number of rotatable bonds is 4. The number of sulfonamides is 1. The highest BCUT2D eigenvalue weighted by Gasteiger charge is 2.18. The maximum Gasteiger partial charge on any atom is 0.261 e. The first-order valence-corrected chi connectivity index (χ1v) is 9.97. The summed E-state index contributed by atoms with van der Waals surface area (Å²) in [4.78, 5) is 4.94. The number of hydrogen-bond donors (Lipinski definition) is 1. The second-order valence-corrected chi connectivity index (χ2v) is 8.39. The summed E-state index contributed by atoms with van der Waals surface area (Å²) in [5, 5.41) is 0. The van der Waals surface area contributed by atoms with E-state index < -0.39 is 10.0 Å². The number of aryl methyl sites for hydroxylation is 2. The molecule has 0 aliphatic carbocycles. The largest absolute Gasteiger partial charge is 0.369 e. The molecule has 0 radical (unpaired) electrons. The number of halogens is 1. The van der Waals surface area contributed by atoms with Gasteiger partial charge in [0.1, 0.15) is 0 Å². The number of nitrogens with one attached hydrogen (secondary N) is 1. The van der Waals surface area contributed by atoms with E-state index in [0.29, 0.717) is 5.69 Å². The molecular formula is C19H26ClN3O2S. The Labute approximate surface area is 162 Å². The molecule has 1 aliphatic rings. The van der Waals surface area contributed by atoms with Crippen LogP contribution in [0.25, 0.3) is 0 Å². The van der Waals surface area contributed by atoms with Crippen molar-refractivity contribution in [3.05, 3.63) is 53.6 Å². The number of hydrogen-bond acceptors (Lipinski definition) is 4. The van der Waals surface area contributed by atoms with Crippen LogP contribution >= 0.6 is 12.4 Å². The summed E-state index contributed by atoms with van der Waals surface area (Å²) in [6.07, 6.45) is 0. The van der Waals surface area contributed by atoms with Gasteiger partial charge >= 0.3 is 0 Å². The van der Waals surface area contributed by atoms with Crippen LogP contribution in [0.5, 0.6) is 0 Å². The number of piperazine rings is 1. The van der Waals surface area contributed by atoms with Gasteiger partial charge in [-0.25, -0.2) is 8.42 Å². The monoisotopic (exact) mass is 395 g/mol. The minimum Gasteiger partial charge on any atom is -0.369 e. The average molecular weight is 396 g/mol. The van der Waals surface area contributed by atoms with Gasteiger partial charge in [-0.05, 0) is 62.4 Å². The normalized spacial score (nSPS) is 15.4. The average Bonchev–Trinajstić information content (AvgIpc) is 2.57. The topological polar surface area (TPSA) is 52.7 Å². The summed E-state index contributed by atoms with van der Waals surface area (Å²) in [5.41, 5.74) is 3.61. The Morgan fingerprint density at radius 1 is 0.962 bits per heavy atom. The maximum absolute atomic E-state index is 12.6. The van der Waals surface area contributed by atoms with Crippen molar-refractivity contribution in [1.29, 1.82) is 0 Å². The lowest BCUT2D eigenvalue weighted by molar-refractivity contribution is 0.313. The molecule has 0 saturated carbocycles. The Morgan fingerprint density at radius 3 is 2.27 bits per heavy atom. The molecular weight excluding hydrogens is 370 g/mol. The minimum atomic E-state index is -3.57. The fourth-order valence-corrected chi connectivity index (χ4v) is 4.25. The summed E-state index contributed by atoms with van der Waals surface area (Å²) in [7, 11) is -1.44. The van der Waals surface area contributed by atoms with Crippen LogP contribution in [0.4, 0.5) is 11.4 Å². The van der Waals surface area contributed by atoms with E-state index in [1.165, 1.54) is 0 Å². The van der Waals surface area contributed by atoms with Crippen LogP contribution in [0.3, 0.4) is 0 Å². The molecule has 142 valence electrons. The summed E-state index contributed by atoms with van der Waals surface area (Å²) >= 11 is 0. The smallest absolute Gasteiger partial charge is 0.261 e. The molecule has 3 rings (SSSR count). The second-order valence-electron chi connectivity index (χ2n) is 6.71. The summed E-state index contributed by atoms with van der Waals surface area (Å²) in [6, 6.07) is 12.8. The molecule has 0 atom stereocenters. The predicted octanol–water partition coefficient (Wildman–Crippen LogP) is 3.28. The van der Waals surface area contributed by atoms with Crippen molar-refractivity contribution in [3.63, 3.8) is 0 Å². The van der Waals surface area contributed by atoms with Gasteiger partial charge in [-0.15, -0.1) is 12.4 Å². The first kappa shape index (κ1) is 20.6. The van der Waals surface area contributed by atoms with Gasteiger partial charge in [0.15, 0.2) is 0 Å². The molecule has 0 spiro atoms. The van der Waals surface area contributed by atoms with E-state index in [1.807, 2.05) is 32.0 Å². The first-order chi connectivity index (χ1) is 11.8. The molecule has 0 bridgehead atoms. The van der Waals surface area contributed by atoms with Gasteiger partial charge in [-0.1, -0.05) is 12.1 Å². The van der Waals surface area contributed by atoms with Crippen LogP contribution < -0.4 is 9.62 Å². The second kappa shape index (κ2) is 8.29. The standard InChI is InChI=1S/C19H25N3O2S.ClH/c1-15-5-4-6-18(13-15)25(23,24)20-19-8-7-17(14-16(19)2)22-11-9-21(3)10-12-22;/h4-8,13-14,20H,9-12H2,1-3H3;1H. The lowest BCUT2D eigenvalue weighted by Gasteiger charge is -2.34. The molecule has 1 fully saturated rings. The third-order valence-corrected chi connectivity index (χ3v) is 5.99. The predicted molar refractivity (Wildman–Crippen MR) is 110 cm³/mol. The fraction of sp³-hybridized carbons (Fsp3) is 0.368. The quantitative estimate of drug-likeness (QED) is 0.863. The van der Waals surface area contributed by atoms with Crippen LogP contribution in [0, 0.1) is 13.8 Å². The Morgan fingerprint density at radius 2 is 1.65 bits per heavy atom. The highest BCUT2D eigenvalue weighted by atomic mass is 35.5. The van der Waals surface area contributed by atoms with Crippen LogP contribution in [-0.2, 0) is 10.0 Å². The van der Waals surface area contributed by atoms with Crippen LogP contribution in [0.1, 0.15) is 11.1 Å². The highest BCUT2D eigenvalue weighted by Crippen LogP contribution is 2.26. The summed E-state index contributed by atoms with van der Waals surface area (Å²) in [6.45, 7) is 7.89. The number of nitrogens with zero attached hydrogens (tertiary/aromatic N) is 2. The third kappa shape index (κ3) is 4.69. The van der Waals surface area contributed by atoms with Gasteiger partial charge < -0.3 is 9.80 Å². The van der Waals surface area contributed by atoms with E-state index in [-0.39, 0.29) is 17.3 Å². The zero-order valence-electron chi connectivity index (χ0n) is 15.4. The van der Waals surface area contributed by atoms with E-state index in [2.05, 4.69) is 27.6 Å². The van der Waals surface area contributed by atoms with Gasteiger partial charge in [0.2, 0.25) is 0 Å². The fourth-order valence-electron chi connectivity index (χ4n) is 3.01. The van der Waals surface area contributed by atoms with E-state index in [4.69, 9.17) is 0 Å². The molecule has 5 nitrogen and oxygen atoms in total. The lowest BCUT2D eigenvalue weighted by Crippen LogP contribution is -2.44. The van der Waals surface area contributed by atoms with Gasteiger partial charge in [0, 0.05) is 31.9 Å². The van der Waals surface area contributed by atoms with Gasteiger partial charge in [0.05, 0.1) is 10.6 Å². The number of benzene rings is 2. The number of anilines is 2. The molecule has 7 heteroatoms. The highest BCUT2D eigenvalue weighted by molar-refractivity contribution is 7.92. The van der Waals surface area contributed by atoms with E-state index in [1.54, 1.807) is 18.2 Å². The van der Waals surface area contributed by atoms with Crippen molar-refractivity contribution in [2.45, 2.75) is 18.7 Å². The number of likely N-dealkylation sites (N-methyl/N-ethyl adjacent to an activating group) is 1. The van der Waals surface area contributed by atoms with Crippen molar-refractivity contribution in [1.82, 2.24) is 4.90 Å². The van der Waals surface area contributed by atoms with Crippen LogP contribution in [0.15, 0.2) is 47.4 Å². The molecule has 1 N–H and O–H groups in total. The molecule has 0 aromatic heterocycles. The van der Waals surface area contributed by atoms with E-state index in [0.717, 1.165) is 43.0 Å². The first-order valence-electron chi connectivity index (χ1n) is 8.49. The molecule has 1 aliphatic heterocycles. The lowest BCUT2D eigenvalue weighted by atomic mass is 10.1. The van der Waals surface area contributed by atoms with Crippen molar-refractivity contribution in [3.8, 4) is 0 Å².